The Hall–Kier alpha value is -2.04. The molecule has 110 valence electrons. The highest BCUT2D eigenvalue weighted by molar-refractivity contribution is 6.37. The molecule has 20 heavy (non-hydrogen) atoms. The minimum Gasteiger partial charge on any atom is -0.495 e. The molecule has 0 radical (unpaired) electrons. The lowest BCUT2D eigenvalue weighted by atomic mass is 10.1. The molecule has 0 bridgehead atoms. The van der Waals surface area contributed by atoms with Crippen LogP contribution in [0.3, 0.4) is 0 Å². The standard InChI is InChI=1S/C15H21NO4/c1-11(2)7-6-10-20-15(18)14(17)16-12-8-4-5-9-13(12)19-3/h4-5,8-9,11H,6-7,10H2,1-3H3,(H,16,17). The third-order valence-electron chi connectivity index (χ3n) is 2.70. The summed E-state index contributed by atoms with van der Waals surface area (Å²) in [5, 5.41) is 2.47. The molecule has 0 aliphatic rings. The number of anilines is 1. The molecule has 0 aliphatic carbocycles. The molecule has 0 saturated carbocycles. The summed E-state index contributed by atoms with van der Waals surface area (Å²) >= 11 is 0. The molecule has 0 spiro atoms. The Morgan fingerprint density at radius 3 is 2.60 bits per heavy atom. The van der Waals surface area contributed by atoms with Crippen LogP contribution >= 0.6 is 0 Å². The Morgan fingerprint density at radius 1 is 1.25 bits per heavy atom. The summed E-state index contributed by atoms with van der Waals surface area (Å²) in [5.74, 6) is -0.622. The van der Waals surface area contributed by atoms with Gasteiger partial charge in [0, 0.05) is 0 Å². The summed E-state index contributed by atoms with van der Waals surface area (Å²) in [5.41, 5.74) is 0.444. The van der Waals surface area contributed by atoms with Crippen LogP contribution in [0.5, 0.6) is 5.75 Å². The molecule has 5 nitrogen and oxygen atoms in total. The molecule has 0 saturated heterocycles. The molecule has 0 fully saturated rings. The second-order valence-corrected chi connectivity index (χ2v) is 4.83. The maximum Gasteiger partial charge on any atom is 0.397 e. The molecular formula is C15H21NO4. The van der Waals surface area contributed by atoms with Gasteiger partial charge in [0.2, 0.25) is 0 Å². The molecule has 1 aromatic carbocycles. The second kappa shape index (κ2) is 8.19. The van der Waals surface area contributed by atoms with Crippen molar-refractivity contribution in [2.24, 2.45) is 5.92 Å². The van der Waals surface area contributed by atoms with E-state index in [0.29, 0.717) is 17.4 Å². The number of amides is 1. The molecule has 1 aromatic rings. The third-order valence-corrected chi connectivity index (χ3v) is 2.70. The highest BCUT2D eigenvalue weighted by atomic mass is 16.5. The lowest BCUT2D eigenvalue weighted by Gasteiger charge is -2.09. The van der Waals surface area contributed by atoms with Crippen molar-refractivity contribution in [3.05, 3.63) is 24.3 Å². The molecule has 1 amide bonds. The van der Waals surface area contributed by atoms with Crippen molar-refractivity contribution in [1.82, 2.24) is 0 Å². The van der Waals surface area contributed by atoms with Gasteiger partial charge in [0.1, 0.15) is 5.75 Å². The number of rotatable bonds is 6. The van der Waals surface area contributed by atoms with Crippen molar-refractivity contribution in [3.63, 3.8) is 0 Å². The molecule has 0 heterocycles. The first-order valence-corrected chi connectivity index (χ1v) is 6.65. The van der Waals surface area contributed by atoms with Crippen LogP contribution in [0.15, 0.2) is 24.3 Å². The van der Waals surface area contributed by atoms with E-state index in [0.717, 1.165) is 12.8 Å². The smallest absolute Gasteiger partial charge is 0.397 e. The van der Waals surface area contributed by atoms with E-state index in [2.05, 4.69) is 19.2 Å². The molecule has 0 atom stereocenters. The minimum atomic E-state index is -0.875. The van der Waals surface area contributed by atoms with Gasteiger partial charge >= 0.3 is 11.9 Å². The summed E-state index contributed by atoms with van der Waals surface area (Å²) in [7, 11) is 1.50. The Morgan fingerprint density at radius 2 is 1.95 bits per heavy atom. The fourth-order valence-electron chi connectivity index (χ4n) is 1.64. The Bertz CT molecular complexity index is 457. The maximum absolute atomic E-state index is 11.7. The van der Waals surface area contributed by atoms with E-state index in [4.69, 9.17) is 9.47 Å². The van der Waals surface area contributed by atoms with E-state index in [1.807, 2.05) is 0 Å². The van der Waals surface area contributed by atoms with Gasteiger partial charge in [-0.05, 0) is 30.9 Å². The van der Waals surface area contributed by atoms with E-state index in [9.17, 15) is 9.59 Å². The molecule has 1 rings (SSSR count). The van der Waals surface area contributed by atoms with Crippen LogP contribution in [-0.2, 0) is 14.3 Å². The topological polar surface area (TPSA) is 64.6 Å². The number of methoxy groups -OCH3 is 1. The van der Waals surface area contributed by atoms with Crippen LogP contribution in [0.2, 0.25) is 0 Å². The SMILES string of the molecule is COc1ccccc1NC(=O)C(=O)OCCCC(C)C. The fourth-order valence-corrected chi connectivity index (χ4v) is 1.64. The average Bonchev–Trinajstić information content (AvgIpc) is 2.43. The van der Waals surface area contributed by atoms with Crippen LogP contribution in [-0.4, -0.2) is 25.6 Å². The second-order valence-electron chi connectivity index (χ2n) is 4.83. The van der Waals surface area contributed by atoms with Gasteiger partial charge in [-0.1, -0.05) is 26.0 Å². The van der Waals surface area contributed by atoms with Crippen molar-refractivity contribution in [2.75, 3.05) is 19.0 Å². The van der Waals surface area contributed by atoms with Gasteiger partial charge in [0.25, 0.3) is 0 Å². The fraction of sp³-hybridized carbons (Fsp3) is 0.467. The predicted molar refractivity (Wildman–Crippen MR) is 76.7 cm³/mol. The van der Waals surface area contributed by atoms with Gasteiger partial charge in [-0.15, -0.1) is 0 Å². The number of carbonyl (C=O) groups is 2. The normalized spacial score (nSPS) is 10.2. The first-order chi connectivity index (χ1) is 9.54. The molecule has 0 aromatic heterocycles. The lowest BCUT2D eigenvalue weighted by molar-refractivity contribution is -0.152. The van der Waals surface area contributed by atoms with Gasteiger partial charge < -0.3 is 14.8 Å². The van der Waals surface area contributed by atoms with Crippen molar-refractivity contribution in [1.29, 1.82) is 0 Å². The third kappa shape index (κ3) is 5.30. The van der Waals surface area contributed by atoms with Crippen LogP contribution in [0.25, 0.3) is 0 Å². The van der Waals surface area contributed by atoms with E-state index in [1.54, 1.807) is 24.3 Å². The highest BCUT2D eigenvalue weighted by Gasteiger charge is 2.17. The highest BCUT2D eigenvalue weighted by Crippen LogP contribution is 2.22. The monoisotopic (exact) mass is 279 g/mol. The van der Waals surface area contributed by atoms with Crippen LogP contribution < -0.4 is 10.1 Å². The van der Waals surface area contributed by atoms with Crippen LogP contribution in [0.1, 0.15) is 26.7 Å². The average molecular weight is 279 g/mol. The number of esters is 1. The first-order valence-electron chi connectivity index (χ1n) is 6.65. The zero-order chi connectivity index (χ0) is 15.0. The molecule has 0 aliphatic heterocycles. The number of ether oxygens (including phenoxy) is 2. The summed E-state index contributed by atoms with van der Waals surface area (Å²) in [4.78, 5) is 23.2. The van der Waals surface area contributed by atoms with E-state index in [1.165, 1.54) is 7.11 Å². The zero-order valence-electron chi connectivity index (χ0n) is 12.1. The molecule has 1 N–H and O–H groups in total. The van der Waals surface area contributed by atoms with Crippen LogP contribution in [0.4, 0.5) is 5.69 Å². The van der Waals surface area contributed by atoms with Crippen molar-refractivity contribution in [3.8, 4) is 5.75 Å². The number of carbonyl (C=O) groups excluding carboxylic acids is 2. The number of hydrogen-bond donors (Lipinski definition) is 1. The van der Waals surface area contributed by atoms with Crippen molar-refractivity contribution in [2.45, 2.75) is 26.7 Å². The maximum atomic E-state index is 11.7. The Labute approximate surface area is 119 Å². The number of hydrogen-bond acceptors (Lipinski definition) is 4. The Balaban J connectivity index is 2.43. The van der Waals surface area contributed by atoms with E-state index >= 15 is 0 Å². The molecule has 0 unspecified atom stereocenters. The lowest BCUT2D eigenvalue weighted by Crippen LogP contribution is -2.25. The molecule has 5 heteroatoms. The Kier molecular flexibility index (Phi) is 6.56. The van der Waals surface area contributed by atoms with Gasteiger partial charge in [-0.25, -0.2) is 4.79 Å². The quantitative estimate of drug-likeness (QED) is 0.494. The predicted octanol–water partition coefficient (Wildman–Crippen LogP) is 2.61. The summed E-state index contributed by atoms with van der Waals surface area (Å²) in [6, 6.07) is 6.87. The van der Waals surface area contributed by atoms with Crippen molar-refractivity contribution >= 4 is 17.6 Å². The van der Waals surface area contributed by atoms with Crippen LogP contribution in [0, 0.1) is 5.92 Å². The number of benzene rings is 1. The summed E-state index contributed by atoms with van der Waals surface area (Å²) in [6.07, 6.45) is 1.72. The zero-order valence-corrected chi connectivity index (χ0v) is 12.1. The van der Waals surface area contributed by atoms with Gasteiger partial charge in [0.15, 0.2) is 0 Å². The van der Waals surface area contributed by atoms with Crippen molar-refractivity contribution < 1.29 is 19.1 Å². The number of nitrogens with one attached hydrogen (secondary N) is 1. The van der Waals surface area contributed by atoms with Gasteiger partial charge in [-0.2, -0.15) is 0 Å². The molecular weight excluding hydrogens is 258 g/mol. The van der Waals surface area contributed by atoms with E-state index < -0.39 is 11.9 Å². The van der Waals surface area contributed by atoms with E-state index in [-0.39, 0.29) is 6.61 Å². The number of para-hydroxylation sites is 2. The first kappa shape index (κ1) is 16.0. The van der Waals surface area contributed by atoms with Gasteiger partial charge in [-0.3, -0.25) is 4.79 Å². The largest absolute Gasteiger partial charge is 0.495 e. The minimum absolute atomic E-state index is 0.260. The summed E-state index contributed by atoms with van der Waals surface area (Å²) in [6.45, 7) is 4.45. The summed E-state index contributed by atoms with van der Waals surface area (Å²) < 4.78 is 9.99. The van der Waals surface area contributed by atoms with Gasteiger partial charge in [0.05, 0.1) is 19.4 Å².